The number of hydrogen-bond donors (Lipinski definition) is 3. The maximum Gasteiger partial charge on any atom is 0.230 e. The van der Waals surface area contributed by atoms with E-state index in [0.717, 1.165) is 5.56 Å². The van der Waals surface area contributed by atoms with Crippen molar-refractivity contribution in [2.24, 2.45) is 0 Å². The first-order chi connectivity index (χ1) is 6.77. The molecular weight excluding hydrogens is 196 g/mol. The van der Waals surface area contributed by atoms with Gasteiger partial charge < -0.3 is 5.32 Å². The summed E-state index contributed by atoms with van der Waals surface area (Å²) in [4.78, 5) is 11.6. The van der Waals surface area contributed by atoms with Crippen molar-refractivity contribution in [2.75, 3.05) is 6.54 Å². The number of rotatable bonds is 1. The Labute approximate surface area is 88.3 Å². The number of nitrogens with one attached hydrogen (secondary N) is 2. The smallest absolute Gasteiger partial charge is 0.230 e. The van der Waals surface area contributed by atoms with E-state index in [1.807, 2.05) is 30.3 Å². The van der Waals surface area contributed by atoms with Crippen LogP contribution in [0.25, 0.3) is 0 Å². The summed E-state index contributed by atoms with van der Waals surface area (Å²) in [7, 11) is 0. The summed E-state index contributed by atoms with van der Waals surface area (Å²) in [6.45, 7) is 0.643. The Morgan fingerprint density at radius 3 is 2.64 bits per heavy atom. The Bertz CT molecular complexity index is 328. The fourth-order valence-electron chi connectivity index (χ4n) is 1.56. The SMILES string of the molecule is O=C1NC(S)NCC1c1ccccc1. The van der Waals surface area contributed by atoms with Crippen LogP contribution < -0.4 is 10.6 Å². The highest BCUT2D eigenvalue weighted by atomic mass is 32.1. The van der Waals surface area contributed by atoms with E-state index in [0.29, 0.717) is 6.54 Å². The zero-order chi connectivity index (χ0) is 9.97. The molecule has 0 bridgehead atoms. The molecule has 1 aliphatic heterocycles. The second kappa shape index (κ2) is 4.02. The Balaban J connectivity index is 2.16. The van der Waals surface area contributed by atoms with Gasteiger partial charge in [-0.2, -0.15) is 0 Å². The van der Waals surface area contributed by atoms with Gasteiger partial charge in [-0.1, -0.05) is 30.3 Å². The normalized spacial score (nSPS) is 27.1. The van der Waals surface area contributed by atoms with Crippen LogP contribution in [0.1, 0.15) is 11.5 Å². The topological polar surface area (TPSA) is 41.1 Å². The van der Waals surface area contributed by atoms with Crippen molar-refractivity contribution in [3.63, 3.8) is 0 Å². The van der Waals surface area contributed by atoms with E-state index in [9.17, 15) is 4.79 Å². The summed E-state index contributed by atoms with van der Waals surface area (Å²) < 4.78 is 0. The number of benzene rings is 1. The van der Waals surface area contributed by atoms with Crippen molar-refractivity contribution in [1.82, 2.24) is 10.6 Å². The van der Waals surface area contributed by atoms with Gasteiger partial charge in [0, 0.05) is 6.54 Å². The molecule has 2 N–H and O–H groups in total. The van der Waals surface area contributed by atoms with Gasteiger partial charge in [0.1, 0.15) is 5.50 Å². The molecule has 0 radical (unpaired) electrons. The Kier molecular flexibility index (Phi) is 2.74. The van der Waals surface area contributed by atoms with Crippen molar-refractivity contribution in [2.45, 2.75) is 11.4 Å². The van der Waals surface area contributed by atoms with Gasteiger partial charge in [0.25, 0.3) is 0 Å². The largest absolute Gasteiger partial charge is 0.331 e. The predicted octanol–water partition coefficient (Wildman–Crippen LogP) is 0.703. The maximum absolute atomic E-state index is 11.6. The van der Waals surface area contributed by atoms with Crippen molar-refractivity contribution in [3.05, 3.63) is 35.9 Å². The van der Waals surface area contributed by atoms with E-state index in [2.05, 4.69) is 23.3 Å². The Morgan fingerprint density at radius 2 is 2.00 bits per heavy atom. The highest BCUT2D eigenvalue weighted by molar-refractivity contribution is 7.80. The molecule has 14 heavy (non-hydrogen) atoms. The van der Waals surface area contributed by atoms with Crippen LogP contribution in [-0.4, -0.2) is 17.9 Å². The lowest BCUT2D eigenvalue weighted by atomic mass is 9.97. The van der Waals surface area contributed by atoms with Crippen LogP contribution in [0.3, 0.4) is 0 Å². The maximum atomic E-state index is 11.6. The molecule has 0 saturated carbocycles. The Hall–Kier alpha value is -1.00. The molecule has 74 valence electrons. The Morgan fingerprint density at radius 1 is 1.29 bits per heavy atom. The van der Waals surface area contributed by atoms with E-state index < -0.39 is 0 Å². The van der Waals surface area contributed by atoms with Crippen LogP contribution in [0.15, 0.2) is 30.3 Å². The molecule has 3 nitrogen and oxygen atoms in total. The second-order valence-corrected chi connectivity index (χ2v) is 3.80. The van der Waals surface area contributed by atoms with Crippen molar-refractivity contribution < 1.29 is 4.79 Å². The van der Waals surface area contributed by atoms with Crippen LogP contribution >= 0.6 is 12.6 Å². The molecule has 0 aromatic heterocycles. The predicted molar refractivity (Wildman–Crippen MR) is 58.1 cm³/mol. The molecule has 1 aliphatic rings. The molecule has 1 heterocycles. The quantitative estimate of drug-likeness (QED) is 0.595. The summed E-state index contributed by atoms with van der Waals surface area (Å²) in [5.41, 5.74) is 0.820. The van der Waals surface area contributed by atoms with Gasteiger partial charge in [-0.25, -0.2) is 0 Å². The van der Waals surface area contributed by atoms with Gasteiger partial charge in [-0.05, 0) is 5.56 Å². The van der Waals surface area contributed by atoms with E-state index in [1.165, 1.54) is 0 Å². The minimum atomic E-state index is -0.220. The molecule has 1 fully saturated rings. The van der Waals surface area contributed by atoms with Gasteiger partial charge in [0.05, 0.1) is 5.92 Å². The highest BCUT2D eigenvalue weighted by Gasteiger charge is 2.26. The van der Waals surface area contributed by atoms with Gasteiger partial charge in [-0.15, -0.1) is 12.6 Å². The summed E-state index contributed by atoms with van der Waals surface area (Å²) in [6.07, 6.45) is 0. The van der Waals surface area contributed by atoms with Crippen molar-refractivity contribution >= 4 is 18.5 Å². The fourth-order valence-corrected chi connectivity index (χ4v) is 1.80. The lowest BCUT2D eigenvalue weighted by Gasteiger charge is -2.27. The van der Waals surface area contributed by atoms with Gasteiger partial charge in [0.2, 0.25) is 5.91 Å². The van der Waals surface area contributed by atoms with Crippen molar-refractivity contribution in [3.8, 4) is 0 Å². The minimum absolute atomic E-state index is 0.0370. The molecule has 2 rings (SSSR count). The lowest BCUT2D eigenvalue weighted by Crippen LogP contribution is -2.52. The van der Waals surface area contributed by atoms with Gasteiger partial charge in [0.15, 0.2) is 0 Å². The van der Waals surface area contributed by atoms with Crippen LogP contribution in [0.2, 0.25) is 0 Å². The van der Waals surface area contributed by atoms with Crippen LogP contribution in [0.5, 0.6) is 0 Å². The molecule has 4 heteroatoms. The third-order valence-electron chi connectivity index (χ3n) is 2.31. The first kappa shape index (κ1) is 9.55. The molecule has 2 atom stereocenters. The first-order valence-corrected chi connectivity index (χ1v) is 5.06. The van der Waals surface area contributed by atoms with Crippen LogP contribution in [0.4, 0.5) is 0 Å². The monoisotopic (exact) mass is 208 g/mol. The number of carbonyl (C=O) groups excluding carboxylic acids is 1. The molecule has 0 aliphatic carbocycles. The molecule has 1 saturated heterocycles. The minimum Gasteiger partial charge on any atom is -0.331 e. The van der Waals surface area contributed by atoms with E-state index in [4.69, 9.17) is 0 Å². The average molecular weight is 208 g/mol. The highest BCUT2D eigenvalue weighted by Crippen LogP contribution is 2.17. The number of amides is 1. The van der Waals surface area contributed by atoms with E-state index >= 15 is 0 Å². The fraction of sp³-hybridized carbons (Fsp3) is 0.300. The second-order valence-electron chi connectivity index (χ2n) is 3.28. The molecule has 1 aromatic rings. The summed E-state index contributed by atoms with van der Waals surface area (Å²) >= 11 is 4.13. The average Bonchev–Trinajstić information content (AvgIpc) is 2.19. The lowest BCUT2D eigenvalue weighted by molar-refractivity contribution is -0.124. The summed E-state index contributed by atoms with van der Waals surface area (Å²) in [5.74, 6) is -0.0606. The van der Waals surface area contributed by atoms with Crippen LogP contribution in [0, 0.1) is 0 Å². The van der Waals surface area contributed by atoms with Crippen molar-refractivity contribution in [1.29, 1.82) is 0 Å². The molecular formula is C10H12N2OS. The number of hydrogen-bond acceptors (Lipinski definition) is 3. The number of thiol groups is 1. The third-order valence-corrected chi connectivity index (χ3v) is 2.62. The zero-order valence-electron chi connectivity index (χ0n) is 7.60. The third kappa shape index (κ3) is 1.91. The van der Waals surface area contributed by atoms with Gasteiger partial charge >= 0.3 is 0 Å². The zero-order valence-corrected chi connectivity index (χ0v) is 8.50. The van der Waals surface area contributed by atoms with E-state index in [1.54, 1.807) is 0 Å². The van der Waals surface area contributed by atoms with Crippen LogP contribution in [-0.2, 0) is 4.79 Å². The van der Waals surface area contributed by atoms with E-state index in [-0.39, 0.29) is 17.3 Å². The molecule has 2 unspecified atom stereocenters. The first-order valence-electron chi connectivity index (χ1n) is 4.54. The van der Waals surface area contributed by atoms with Gasteiger partial charge in [-0.3, -0.25) is 10.1 Å². The number of carbonyl (C=O) groups is 1. The molecule has 0 spiro atoms. The standard InChI is InChI=1S/C10H12N2OS/c13-9-8(6-11-10(14)12-9)7-4-2-1-3-5-7/h1-5,8,10-11,14H,6H2,(H,12,13). The molecule has 1 aromatic carbocycles. The molecule has 1 amide bonds. The summed E-state index contributed by atoms with van der Waals surface area (Å²) in [5, 5.41) is 5.84. The summed E-state index contributed by atoms with van der Waals surface area (Å²) in [6, 6.07) is 9.75.